The van der Waals surface area contributed by atoms with Crippen LogP contribution < -0.4 is 0 Å². The molecule has 9 heteroatoms. The summed E-state index contributed by atoms with van der Waals surface area (Å²) in [6.07, 6.45) is 6.57. The summed E-state index contributed by atoms with van der Waals surface area (Å²) in [6.45, 7) is 12.9. The zero-order valence-electron chi connectivity index (χ0n) is 22.6. The second-order valence-corrected chi connectivity index (χ2v) is 11.9. The van der Waals surface area contributed by atoms with Gasteiger partial charge in [-0.1, -0.05) is 41.5 Å². The van der Waals surface area contributed by atoms with Gasteiger partial charge >= 0.3 is 0 Å². The van der Waals surface area contributed by atoms with E-state index in [-0.39, 0.29) is 34.0 Å². The Morgan fingerprint density at radius 2 is 1.63 bits per heavy atom. The topological polar surface area (TPSA) is 120 Å². The largest absolute Gasteiger partial charge is 0.463 e. The van der Waals surface area contributed by atoms with Gasteiger partial charge in [0.2, 0.25) is 0 Å². The van der Waals surface area contributed by atoms with Crippen molar-refractivity contribution in [2.45, 2.75) is 60.4 Å². The van der Waals surface area contributed by atoms with Crippen LogP contribution in [-0.2, 0) is 11.2 Å². The van der Waals surface area contributed by atoms with Crippen molar-refractivity contribution >= 4 is 22.9 Å². The molecule has 2 aliphatic rings. The Labute approximate surface area is 221 Å². The molecule has 1 atom stereocenters. The van der Waals surface area contributed by atoms with Gasteiger partial charge in [-0.25, -0.2) is 0 Å². The monoisotopic (exact) mass is 519 g/mol. The highest BCUT2D eigenvalue weighted by atomic mass is 16.6. The summed E-state index contributed by atoms with van der Waals surface area (Å²) in [4.78, 5) is 37.1. The van der Waals surface area contributed by atoms with E-state index in [2.05, 4.69) is 4.90 Å². The third-order valence-electron chi connectivity index (χ3n) is 6.96. The number of furan rings is 1. The lowest BCUT2D eigenvalue weighted by atomic mass is 9.71. The van der Waals surface area contributed by atoms with Crippen LogP contribution in [-0.4, -0.2) is 33.1 Å². The van der Waals surface area contributed by atoms with Crippen LogP contribution >= 0.6 is 0 Å². The average Bonchev–Trinajstić information content (AvgIpc) is 3.35. The van der Waals surface area contributed by atoms with Crippen molar-refractivity contribution in [3.8, 4) is 0 Å². The molecule has 1 saturated heterocycles. The molecule has 1 unspecified atom stereocenters. The average molecular weight is 520 g/mol. The van der Waals surface area contributed by atoms with Crippen LogP contribution in [0.4, 0.5) is 11.4 Å². The standard InChI is InChI=1S/C29H33N3O6/c1-28(2,3)22-14-19(15-23(27(22)33)29(4,5)6)26(25-8-7-13-38-25)30-17-21(30)12-10-18-9-11-20(31(34)35)16-24(18)32(36)37/h7-9,11,13-16,21H,10,12,17H2,1-6H3. The van der Waals surface area contributed by atoms with Crippen LogP contribution in [0.25, 0.3) is 5.70 Å². The number of hydrogen-bond acceptors (Lipinski definition) is 7. The zero-order chi connectivity index (χ0) is 28.0. The Kier molecular flexibility index (Phi) is 6.90. The van der Waals surface area contributed by atoms with Gasteiger partial charge in [-0.15, -0.1) is 0 Å². The third-order valence-corrected chi connectivity index (χ3v) is 6.96. The molecule has 0 spiro atoms. The number of nitro benzene ring substituents is 2. The van der Waals surface area contributed by atoms with Crippen molar-refractivity contribution in [1.82, 2.24) is 4.90 Å². The maximum Gasteiger partial charge on any atom is 0.279 e. The first kappa shape index (κ1) is 27.0. The van der Waals surface area contributed by atoms with Crippen LogP contribution in [0.15, 0.2) is 69.9 Å². The lowest BCUT2D eigenvalue weighted by molar-refractivity contribution is -0.394. The number of nitro groups is 2. The lowest BCUT2D eigenvalue weighted by Gasteiger charge is -2.32. The van der Waals surface area contributed by atoms with Gasteiger partial charge in [0.15, 0.2) is 11.5 Å². The predicted molar refractivity (Wildman–Crippen MR) is 144 cm³/mol. The van der Waals surface area contributed by atoms with E-state index < -0.39 is 9.85 Å². The lowest BCUT2D eigenvalue weighted by Crippen LogP contribution is -2.28. The van der Waals surface area contributed by atoms with Gasteiger partial charge < -0.3 is 9.32 Å². The van der Waals surface area contributed by atoms with Crippen LogP contribution in [0, 0.1) is 31.1 Å². The minimum atomic E-state index is -0.630. The second kappa shape index (κ2) is 9.70. The molecule has 2 heterocycles. The van der Waals surface area contributed by atoms with E-state index in [4.69, 9.17) is 4.42 Å². The number of Topliss-reactive ketones (excluding diaryl/α,β-unsaturated/α-hetero) is 1. The van der Waals surface area contributed by atoms with Crippen molar-refractivity contribution in [3.05, 3.63) is 97.0 Å². The predicted octanol–water partition coefficient (Wildman–Crippen LogP) is 6.65. The summed E-state index contributed by atoms with van der Waals surface area (Å²) in [5.74, 6) is 0.743. The smallest absolute Gasteiger partial charge is 0.279 e. The molecule has 200 valence electrons. The van der Waals surface area contributed by atoms with E-state index >= 15 is 0 Å². The summed E-state index contributed by atoms with van der Waals surface area (Å²) < 4.78 is 5.82. The quantitative estimate of drug-likeness (QED) is 0.228. The van der Waals surface area contributed by atoms with Gasteiger partial charge in [-0.3, -0.25) is 25.0 Å². The minimum absolute atomic E-state index is 0.0559. The zero-order valence-corrected chi connectivity index (χ0v) is 22.6. The van der Waals surface area contributed by atoms with Gasteiger partial charge in [0, 0.05) is 40.9 Å². The van der Waals surface area contributed by atoms with Crippen molar-refractivity contribution in [1.29, 1.82) is 0 Å². The van der Waals surface area contributed by atoms with E-state index in [0.29, 0.717) is 24.2 Å². The maximum atomic E-state index is 13.4. The molecule has 0 N–H and O–H groups in total. The Bertz CT molecular complexity index is 1350. The molecule has 0 saturated carbocycles. The Morgan fingerprint density at radius 3 is 2.13 bits per heavy atom. The number of carbonyl (C=O) groups is 1. The normalized spacial score (nSPS) is 17.7. The number of aryl methyl sites for hydroxylation is 1. The van der Waals surface area contributed by atoms with Gasteiger partial charge in [-0.05, 0) is 54.0 Å². The van der Waals surface area contributed by atoms with Gasteiger partial charge in [0.05, 0.1) is 27.9 Å². The molecule has 1 aliphatic heterocycles. The number of allylic oxidation sites excluding steroid dienone is 5. The number of benzene rings is 1. The Morgan fingerprint density at radius 1 is 1.00 bits per heavy atom. The number of rotatable bonds is 7. The fourth-order valence-corrected chi connectivity index (χ4v) is 4.81. The van der Waals surface area contributed by atoms with Crippen molar-refractivity contribution in [2.75, 3.05) is 6.54 Å². The van der Waals surface area contributed by atoms with Crippen LogP contribution in [0.5, 0.6) is 0 Å². The van der Waals surface area contributed by atoms with Crippen molar-refractivity contribution < 1.29 is 19.1 Å². The van der Waals surface area contributed by atoms with E-state index in [9.17, 15) is 25.0 Å². The van der Waals surface area contributed by atoms with Crippen LogP contribution in [0.2, 0.25) is 0 Å². The Hall–Kier alpha value is -4.01. The van der Waals surface area contributed by atoms with Crippen LogP contribution in [0.1, 0.15) is 59.3 Å². The summed E-state index contributed by atoms with van der Waals surface area (Å²) in [5, 5.41) is 22.6. The highest BCUT2D eigenvalue weighted by Gasteiger charge is 2.41. The highest BCUT2D eigenvalue weighted by molar-refractivity contribution is 6.12. The first-order chi connectivity index (χ1) is 17.7. The van der Waals surface area contributed by atoms with E-state index in [1.54, 1.807) is 6.26 Å². The molecule has 1 aromatic heterocycles. The fourth-order valence-electron chi connectivity index (χ4n) is 4.81. The van der Waals surface area contributed by atoms with Gasteiger partial charge in [0.1, 0.15) is 0 Å². The number of ketones is 1. The molecule has 0 radical (unpaired) electrons. The number of nitrogens with zero attached hydrogens (tertiary/aromatic N) is 3. The van der Waals surface area contributed by atoms with E-state index in [1.807, 2.05) is 65.8 Å². The maximum absolute atomic E-state index is 13.4. The van der Waals surface area contributed by atoms with Crippen molar-refractivity contribution in [3.63, 3.8) is 0 Å². The first-order valence-electron chi connectivity index (χ1n) is 12.6. The molecular weight excluding hydrogens is 486 g/mol. The molecule has 38 heavy (non-hydrogen) atoms. The highest BCUT2D eigenvalue weighted by Crippen LogP contribution is 2.44. The molecular formula is C29H33N3O6. The van der Waals surface area contributed by atoms with Gasteiger partial charge in [-0.2, -0.15) is 0 Å². The van der Waals surface area contributed by atoms with E-state index in [0.717, 1.165) is 35.0 Å². The second-order valence-electron chi connectivity index (χ2n) is 11.9. The first-order valence-corrected chi connectivity index (χ1v) is 12.6. The molecule has 1 aromatic carbocycles. The van der Waals surface area contributed by atoms with E-state index in [1.165, 1.54) is 12.1 Å². The molecule has 1 fully saturated rings. The van der Waals surface area contributed by atoms with Gasteiger partial charge in [0.25, 0.3) is 11.4 Å². The SMILES string of the molecule is CC(C)(C)C1=CC(=C(c2ccco2)N2CC2CCc2ccc([N+](=O)[O-])cc2[N+](=O)[O-])C=C(C(C)(C)C)C1=O. The third kappa shape index (κ3) is 5.46. The number of non-ortho nitro benzene ring substituents is 1. The molecule has 9 nitrogen and oxygen atoms in total. The number of carbonyl (C=O) groups excluding carboxylic acids is 1. The van der Waals surface area contributed by atoms with Crippen molar-refractivity contribution in [2.24, 2.45) is 10.8 Å². The molecule has 0 bridgehead atoms. The number of hydrogen-bond donors (Lipinski definition) is 0. The molecule has 2 aromatic rings. The Balaban J connectivity index is 1.69. The summed E-state index contributed by atoms with van der Waals surface area (Å²) in [5.41, 5.74) is 2.49. The summed E-state index contributed by atoms with van der Waals surface area (Å²) in [7, 11) is 0. The molecule has 0 amide bonds. The van der Waals surface area contributed by atoms with Crippen LogP contribution in [0.3, 0.4) is 0 Å². The molecule has 4 rings (SSSR count). The molecule has 1 aliphatic carbocycles. The summed E-state index contributed by atoms with van der Waals surface area (Å²) in [6, 6.07) is 7.62. The summed E-state index contributed by atoms with van der Waals surface area (Å²) >= 11 is 0. The minimum Gasteiger partial charge on any atom is -0.463 e. The fraction of sp³-hybridized carbons (Fsp3) is 0.414.